The van der Waals surface area contributed by atoms with E-state index in [1.807, 2.05) is 39.1 Å². The number of nitrogens with zero attached hydrogens (tertiary/aromatic N) is 4. The molecule has 7 nitrogen and oxygen atoms in total. The molecule has 2 aromatic heterocycles. The van der Waals surface area contributed by atoms with Gasteiger partial charge in [-0.25, -0.2) is 0 Å². The topological polar surface area (TPSA) is 92.8 Å². The van der Waals surface area contributed by atoms with Crippen molar-refractivity contribution in [2.45, 2.75) is 25.1 Å². The van der Waals surface area contributed by atoms with Crippen LogP contribution in [0.5, 0.6) is 5.75 Å². The maximum absolute atomic E-state index is 12.2. The molecule has 1 unspecified atom stereocenters. The van der Waals surface area contributed by atoms with E-state index in [1.165, 1.54) is 23.1 Å². The zero-order valence-electron chi connectivity index (χ0n) is 16.0. The summed E-state index contributed by atoms with van der Waals surface area (Å²) >= 11 is 8.63. The van der Waals surface area contributed by atoms with Gasteiger partial charge < -0.3 is 14.6 Å². The van der Waals surface area contributed by atoms with Gasteiger partial charge in [-0.3, -0.25) is 4.79 Å². The number of hydrogen-bond acceptors (Lipinski definition) is 7. The molecule has 0 saturated heterocycles. The summed E-state index contributed by atoms with van der Waals surface area (Å²) in [6, 6.07) is 9.19. The number of thiophene rings is 1. The van der Waals surface area contributed by atoms with Gasteiger partial charge in [0.25, 0.3) is 0 Å². The molecule has 0 radical (unpaired) electrons. The van der Waals surface area contributed by atoms with Crippen molar-refractivity contribution >= 4 is 45.6 Å². The van der Waals surface area contributed by atoms with E-state index in [-0.39, 0.29) is 17.8 Å². The van der Waals surface area contributed by atoms with Gasteiger partial charge in [0.15, 0.2) is 17.1 Å². The van der Waals surface area contributed by atoms with E-state index in [2.05, 4.69) is 15.5 Å². The number of halogens is 1. The summed E-state index contributed by atoms with van der Waals surface area (Å²) in [5.74, 6) is 1.28. The van der Waals surface area contributed by atoms with Crippen molar-refractivity contribution in [1.82, 2.24) is 14.8 Å². The highest BCUT2D eigenvalue weighted by Gasteiger charge is 2.18. The molecule has 0 aliphatic rings. The van der Waals surface area contributed by atoms with Crippen molar-refractivity contribution in [3.8, 4) is 11.8 Å². The molecule has 29 heavy (non-hydrogen) atoms. The van der Waals surface area contributed by atoms with Crippen LogP contribution in [0, 0.1) is 18.3 Å². The zero-order valence-corrected chi connectivity index (χ0v) is 18.4. The van der Waals surface area contributed by atoms with Crippen LogP contribution in [0.25, 0.3) is 0 Å². The minimum atomic E-state index is -0.333. The third kappa shape index (κ3) is 5.09. The van der Waals surface area contributed by atoms with Crippen LogP contribution < -0.4 is 10.1 Å². The van der Waals surface area contributed by atoms with E-state index in [4.69, 9.17) is 21.6 Å². The number of amides is 1. The summed E-state index contributed by atoms with van der Waals surface area (Å²) in [7, 11) is 1.83. The van der Waals surface area contributed by atoms with Crippen molar-refractivity contribution in [3.63, 3.8) is 0 Å². The molecule has 0 bridgehead atoms. The summed E-state index contributed by atoms with van der Waals surface area (Å²) in [5.41, 5.74) is 1.39. The zero-order chi connectivity index (χ0) is 21.0. The first kappa shape index (κ1) is 21.2. The number of carbonyl (C=O) groups excluding carboxylic acids is 1. The highest BCUT2D eigenvalue weighted by Crippen LogP contribution is 2.27. The fraction of sp³-hybridized carbons (Fsp3) is 0.263. The van der Waals surface area contributed by atoms with Crippen LogP contribution in [0.1, 0.15) is 30.0 Å². The minimum Gasteiger partial charge on any atom is -0.483 e. The van der Waals surface area contributed by atoms with Crippen LogP contribution in [0.3, 0.4) is 0 Å². The maximum atomic E-state index is 12.2. The monoisotopic (exact) mass is 447 g/mol. The van der Waals surface area contributed by atoms with Crippen LogP contribution in [-0.4, -0.2) is 26.4 Å². The molecular weight excluding hydrogens is 430 g/mol. The second kappa shape index (κ2) is 9.31. The SMILES string of the molecule is Cc1cc(OC(C)c2nnc(SCC(=O)Nc3sccc3C#N)n2C)ccc1Cl. The van der Waals surface area contributed by atoms with Gasteiger partial charge in [-0.2, -0.15) is 5.26 Å². The third-order valence-corrected chi connectivity index (χ3v) is 6.32. The van der Waals surface area contributed by atoms with Crippen molar-refractivity contribution in [3.05, 3.63) is 51.6 Å². The first-order chi connectivity index (χ1) is 13.9. The average molecular weight is 448 g/mol. The van der Waals surface area contributed by atoms with Crippen molar-refractivity contribution in [1.29, 1.82) is 5.26 Å². The Labute approximate surface area is 181 Å². The fourth-order valence-electron chi connectivity index (χ4n) is 2.54. The Bertz CT molecular complexity index is 1070. The van der Waals surface area contributed by atoms with Gasteiger partial charge in [0.1, 0.15) is 16.8 Å². The predicted octanol–water partition coefficient (Wildman–Crippen LogP) is 4.58. The molecule has 0 saturated carbocycles. The quantitative estimate of drug-likeness (QED) is 0.533. The van der Waals surface area contributed by atoms with Gasteiger partial charge in [0, 0.05) is 12.1 Å². The molecule has 0 aliphatic heterocycles. The van der Waals surface area contributed by atoms with Gasteiger partial charge in [0.05, 0.1) is 11.3 Å². The molecule has 0 aliphatic carbocycles. The van der Waals surface area contributed by atoms with E-state index in [0.717, 1.165) is 5.56 Å². The van der Waals surface area contributed by atoms with Gasteiger partial charge in [0.2, 0.25) is 5.91 Å². The molecule has 10 heteroatoms. The summed E-state index contributed by atoms with van der Waals surface area (Å²) < 4.78 is 7.75. The van der Waals surface area contributed by atoms with Gasteiger partial charge >= 0.3 is 0 Å². The number of ether oxygens (including phenoxy) is 1. The first-order valence-corrected chi connectivity index (χ1v) is 10.9. The number of nitrogens with one attached hydrogen (secondary N) is 1. The predicted molar refractivity (Wildman–Crippen MR) is 115 cm³/mol. The molecule has 0 fully saturated rings. The Morgan fingerprint density at radius 3 is 2.97 bits per heavy atom. The second-order valence-electron chi connectivity index (χ2n) is 6.18. The molecule has 150 valence electrons. The molecule has 1 amide bonds. The number of aromatic nitrogens is 3. The molecule has 3 rings (SSSR count). The molecule has 2 heterocycles. The largest absolute Gasteiger partial charge is 0.483 e. The average Bonchev–Trinajstić information content (AvgIpc) is 3.29. The summed E-state index contributed by atoms with van der Waals surface area (Å²) in [4.78, 5) is 12.2. The Kier molecular flexibility index (Phi) is 6.79. The van der Waals surface area contributed by atoms with Gasteiger partial charge in [-0.15, -0.1) is 21.5 Å². The summed E-state index contributed by atoms with van der Waals surface area (Å²) in [6.45, 7) is 3.80. The van der Waals surface area contributed by atoms with E-state index < -0.39 is 0 Å². The second-order valence-corrected chi connectivity index (χ2v) is 8.45. The standard InChI is InChI=1S/C19H18ClN5O2S2/c1-11-8-14(4-5-15(11)20)27-12(2)17-23-24-19(25(17)3)29-10-16(26)22-18-13(9-21)6-7-28-18/h4-8,12H,10H2,1-3H3,(H,22,26). The lowest BCUT2D eigenvalue weighted by atomic mass is 10.2. The van der Waals surface area contributed by atoms with Crippen molar-refractivity contribution in [2.75, 3.05) is 11.1 Å². The summed E-state index contributed by atoms with van der Waals surface area (Å²) in [5, 5.41) is 23.7. The number of nitriles is 1. The number of hydrogen-bond donors (Lipinski definition) is 1. The fourth-order valence-corrected chi connectivity index (χ4v) is 4.13. The molecule has 0 spiro atoms. The molecule has 1 atom stereocenters. The molecule has 1 N–H and O–H groups in total. The van der Waals surface area contributed by atoms with Crippen molar-refractivity contribution < 1.29 is 9.53 Å². The third-order valence-electron chi connectivity index (χ3n) is 4.05. The molecule has 3 aromatic rings. The van der Waals surface area contributed by atoms with E-state index in [0.29, 0.717) is 32.3 Å². The van der Waals surface area contributed by atoms with Gasteiger partial charge in [-0.05, 0) is 49.1 Å². The number of benzene rings is 1. The Hall–Kier alpha value is -2.54. The smallest absolute Gasteiger partial charge is 0.235 e. The van der Waals surface area contributed by atoms with Crippen LogP contribution >= 0.6 is 34.7 Å². The Balaban J connectivity index is 1.60. The number of aryl methyl sites for hydroxylation is 1. The van der Waals surface area contributed by atoms with Crippen molar-refractivity contribution in [2.24, 2.45) is 7.05 Å². The Morgan fingerprint density at radius 1 is 1.45 bits per heavy atom. The van der Waals surface area contributed by atoms with E-state index in [9.17, 15) is 4.79 Å². The highest BCUT2D eigenvalue weighted by molar-refractivity contribution is 7.99. The lowest BCUT2D eigenvalue weighted by molar-refractivity contribution is -0.113. The number of carbonyl (C=O) groups is 1. The van der Waals surface area contributed by atoms with Crippen LogP contribution in [0.4, 0.5) is 5.00 Å². The van der Waals surface area contributed by atoms with Crippen LogP contribution in [0.2, 0.25) is 5.02 Å². The number of thioether (sulfide) groups is 1. The number of anilines is 1. The van der Waals surface area contributed by atoms with E-state index in [1.54, 1.807) is 22.1 Å². The maximum Gasteiger partial charge on any atom is 0.235 e. The Morgan fingerprint density at radius 2 is 2.24 bits per heavy atom. The highest BCUT2D eigenvalue weighted by atomic mass is 35.5. The molecule has 1 aromatic carbocycles. The van der Waals surface area contributed by atoms with Gasteiger partial charge in [-0.1, -0.05) is 23.4 Å². The number of rotatable bonds is 7. The minimum absolute atomic E-state index is 0.153. The first-order valence-electron chi connectivity index (χ1n) is 8.61. The van der Waals surface area contributed by atoms with E-state index >= 15 is 0 Å². The molecular formula is C19H18ClN5O2S2. The van der Waals surface area contributed by atoms with Crippen LogP contribution in [-0.2, 0) is 11.8 Å². The van der Waals surface area contributed by atoms with Crippen LogP contribution in [0.15, 0.2) is 34.8 Å². The lowest BCUT2D eigenvalue weighted by Crippen LogP contribution is -2.14. The lowest BCUT2D eigenvalue weighted by Gasteiger charge is -2.15. The normalized spacial score (nSPS) is 11.7. The summed E-state index contributed by atoms with van der Waals surface area (Å²) in [6.07, 6.45) is -0.333.